The van der Waals surface area contributed by atoms with Gasteiger partial charge in [-0.15, -0.1) is 0 Å². The standard InChI is InChI=1S/C14H16N2O5/c17-14-8-4-2-6-11(14)12(9-15(18)19)10-5-1-3-7-13(10)16(20)21/h1,3,5,7,11-12H,2,4,6,8-9H2. The molecule has 0 heterocycles. The molecule has 0 bridgehead atoms. The van der Waals surface area contributed by atoms with Gasteiger partial charge in [-0.2, -0.15) is 0 Å². The number of carbonyl (C=O) groups is 1. The molecule has 2 rings (SSSR count). The van der Waals surface area contributed by atoms with E-state index in [2.05, 4.69) is 0 Å². The molecule has 7 heteroatoms. The third-order valence-electron chi connectivity index (χ3n) is 3.97. The van der Waals surface area contributed by atoms with Gasteiger partial charge >= 0.3 is 0 Å². The van der Waals surface area contributed by atoms with Crippen LogP contribution in [0, 0.1) is 26.1 Å². The first kappa shape index (κ1) is 15.1. The van der Waals surface area contributed by atoms with Gasteiger partial charge in [0.2, 0.25) is 6.54 Å². The molecule has 1 saturated carbocycles. The van der Waals surface area contributed by atoms with Crippen molar-refractivity contribution < 1.29 is 14.6 Å². The van der Waals surface area contributed by atoms with Crippen molar-refractivity contribution in [2.45, 2.75) is 31.6 Å². The molecule has 1 aliphatic rings. The van der Waals surface area contributed by atoms with E-state index in [4.69, 9.17) is 0 Å². The number of nitrogens with zero attached hydrogens (tertiary/aromatic N) is 2. The predicted molar refractivity (Wildman–Crippen MR) is 74.7 cm³/mol. The van der Waals surface area contributed by atoms with Crippen LogP contribution in [0.15, 0.2) is 24.3 Å². The largest absolute Gasteiger partial charge is 0.299 e. The van der Waals surface area contributed by atoms with Gasteiger partial charge < -0.3 is 0 Å². The number of Topliss-reactive ketones (excluding diaryl/α,β-unsaturated/α-hetero) is 1. The lowest BCUT2D eigenvalue weighted by Gasteiger charge is -2.26. The third kappa shape index (κ3) is 3.42. The normalized spacial score (nSPS) is 20.0. The summed E-state index contributed by atoms with van der Waals surface area (Å²) in [5, 5.41) is 22.1. The highest BCUT2D eigenvalue weighted by Crippen LogP contribution is 2.37. The summed E-state index contributed by atoms with van der Waals surface area (Å²) in [6, 6.07) is 5.99. The summed E-state index contributed by atoms with van der Waals surface area (Å²) in [5.74, 6) is -1.24. The van der Waals surface area contributed by atoms with Gasteiger partial charge in [0.15, 0.2) is 0 Å². The first-order chi connectivity index (χ1) is 10.0. The van der Waals surface area contributed by atoms with Crippen molar-refractivity contribution in [3.8, 4) is 0 Å². The van der Waals surface area contributed by atoms with Crippen molar-refractivity contribution >= 4 is 11.5 Å². The van der Waals surface area contributed by atoms with E-state index in [-0.39, 0.29) is 11.5 Å². The second kappa shape index (κ2) is 6.43. The number of benzene rings is 1. The number of nitro benzene ring substituents is 1. The molecule has 1 aromatic carbocycles. The van der Waals surface area contributed by atoms with Crippen LogP contribution >= 0.6 is 0 Å². The summed E-state index contributed by atoms with van der Waals surface area (Å²) in [4.78, 5) is 33.1. The molecule has 112 valence electrons. The predicted octanol–water partition coefficient (Wildman–Crippen LogP) is 2.71. The molecule has 0 amide bonds. The van der Waals surface area contributed by atoms with Crippen molar-refractivity contribution in [2.24, 2.45) is 5.92 Å². The van der Waals surface area contributed by atoms with E-state index in [1.165, 1.54) is 18.2 Å². The molecule has 0 aromatic heterocycles. The van der Waals surface area contributed by atoms with Crippen LogP contribution in [0.1, 0.15) is 37.2 Å². The Hall–Kier alpha value is -2.31. The van der Waals surface area contributed by atoms with Crippen LogP contribution in [-0.2, 0) is 4.79 Å². The second-order valence-corrected chi connectivity index (χ2v) is 5.26. The molecule has 0 spiro atoms. The molecule has 0 N–H and O–H groups in total. The fraction of sp³-hybridized carbons (Fsp3) is 0.500. The minimum atomic E-state index is -0.727. The maximum absolute atomic E-state index is 12.1. The molecule has 2 unspecified atom stereocenters. The van der Waals surface area contributed by atoms with Crippen LogP contribution in [0.25, 0.3) is 0 Å². The Morgan fingerprint density at radius 1 is 1.19 bits per heavy atom. The number of carbonyl (C=O) groups excluding carboxylic acids is 1. The fourth-order valence-corrected chi connectivity index (χ4v) is 3.01. The Bertz CT molecular complexity index is 572. The Balaban J connectivity index is 2.42. The monoisotopic (exact) mass is 292 g/mol. The van der Waals surface area contributed by atoms with Gasteiger partial charge in [0, 0.05) is 28.9 Å². The molecule has 2 atom stereocenters. The van der Waals surface area contributed by atoms with Gasteiger partial charge in [0.25, 0.3) is 5.69 Å². The number of rotatable bonds is 5. The average molecular weight is 292 g/mol. The van der Waals surface area contributed by atoms with Gasteiger partial charge in [0.1, 0.15) is 5.78 Å². The highest BCUT2D eigenvalue weighted by atomic mass is 16.6. The molecular formula is C14H16N2O5. The van der Waals surface area contributed by atoms with Crippen molar-refractivity contribution in [2.75, 3.05) is 6.54 Å². The lowest BCUT2D eigenvalue weighted by molar-refractivity contribution is -0.485. The van der Waals surface area contributed by atoms with Crippen LogP contribution in [0.3, 0.4) is 0 Å². The smallest absolute Gasteiger partial charge is 0.273 e. The number of hydrogen-bond donors (Lipinski definition) is 0. The lowest BCUT2D eigenvalue weighted by atomic mass is 9.75. The van der Waals surface area contributed by atoms with E-state index in [1.807, 2.05) is 0 Å². The Labute approximate surface area is 121 Å². The van der Waals surface area contributed by atoms with E-state index < -0.39 is 28.2 Å². The highest BCUT2D eigenvalue weighted by Gasteiger charge is 2.37. The third-order valence-corrected chi connectivity index (χ3v) is 3.97. The van der Waals surface area contributed by atoms with Gasteiger partial charge in [-0.05, 0) is 12.8 Å². The summed E-state index contributed by atoms with van der Waals surface area (Å²) < 4.78 is 0. The Morgan fingerprint density at radius 2 is 1.90 bits per heavy atom. The molecule has 1 aliphatic carbocycles. The van der Waals surface area contributed by atoms with Crippen LogP contribution in [0.4, 0.5) is 5.69 Å². The average Bonchev–Trinajstić information content (AvgIpc) is 2.45. The quantitative estimate of drug-likeness (QED) is 0.613. The molecule has 1 fully saturated rings. The van der Waals surface area contributed by atoms with Crippen LogP contribution < -0.4 is 0 Å². The molecule has 0 saturated heterocycles. The number of hydrogen-bond acceptors (Lipinski definition) is 5. The number of para-hydroxylation sites is 1. The summed E-state index contributed by atoms with van der Waals surface area (Å²) >= 11 is 0. The van der Waals surface area contributed by atoms with Crippen LogP contribution in [-0.4, -0.2) is 22.2 Å². The zero-order valence-corrected chi connectivity index (χ0v) is 11.4. The summed E-state index contributed by atoms with van der Waals surface area (Å²) in [7, 11) is 0. The maximum Gasteiger partial charge on any atom is 0.273 e. The van der Waals surface area contributed by atoms with Crippen molar-refractivity contribution in [1.82, 2.24) is 0 Å². The van der Waals surface area contributed by atoms with E-state index in [9.17, 15) is 25.0 Å². The minimum absolute atomic E-state index is 0.0220. The van der Waals surface area contributed by atoms with Crippen molar-refractivity contribution in [1.29, 1.82) is 0 Å². The maximum atomic E-state index is 12.1. The summed E-state index contributed by atoms with van der Waals surface area (Å²) in [6.07, 6.45) is 2.57. The van der Waals surface area contributed by atoms with Gasteiger partial charge in [-0.25, -0.2) is 0 Å². The van der Waals surface area contributed by atoms with E-state index >= 15 is 0 Å². The molecule has 0 aliphatic heterocycles. The van der Waals surface area contributed by atoms with E-state index in [0.29, 0.717) is 18.4 Å². The summed E-state index contributed by atoms with van der Waals surface area (Å²) in [5.41, 5.74) is 0.141. The van der Waals surface area contributed by atoms with Gasteiger partial charge in [0.05, 0.1) is 10.8 Å². The van der Waals surface area contributed by atoms with Gasteiger partial charge in [-0.3, -0.25) is 25.0 Å². The van der Waals surface area contributed by atoms with Gasteiger partial charge in [-0.1, -0.05) is 24.6 Å². The molecule has 7 nitrogen and oxygen atoms in total. The second-order valence-electron chi connectivity index (χ2n) is 5.26. The minimum Gasteiger partial charge on any atom is -0.299 e. The highest BCUT2D eigenvalue weighted by molar-refractivity contribution is 5.82. The topological polar surface area (TPSA) is 103 Å². The van der Waals surface area contributed by atoms with Crippen molar-refractivity contribution in [3.63, 3.8) is 0 Å². The molecular weight excluding hydrogens is 276 g/mol. The fourth-order valence-electron chi connectivity index (χ4n) is 3.01. The zero-order valence-electron chi connectivity index (χ0n) is 11.4. The van der Waals surface area contributed by atoms with Crippen molar-refractivity contribution in [3.05, 3.63) is 50.1 Å². The Morgan fingerprint density at radius 3 is 2.52 bits per heavy atom. The van der Waals surface area contributed by atoms with E-state index in [1.54, 1.807) is 6.07 Å². The number of nitro groups is 2. The zero-order chi connectivity index (χ0) is 15.4. The van der Waals surface area contributed by atoms with Crippen LogP contribution in [0.5, 0.6) is 0 Å². The SMILES string of the molecule is O=C1CCCCC1C(C[N+](=O)[O-])c1ccccc1[N+](=O)[O-]. The summed E-state index contributed by atoms with van der Waals surface area (Å²) in [6.45, 7) is -0.457. The van der Waals surface area contributed by atoms with E-state index in [0.717, 1.165) is 12.8 Å². The lowest BCUT2D eigenvalue weighted by Crippen LogP contribution is -2.30. The molecule has 0 radical (unpaired) electrons. The first-order valence-electron chi connectivity index (χ1n) is 6.88. The Kier molecular flexibility index (Phi) is 4.62. The molecule has 1 aromatic rings. The molecule has 21 heavy (non-hydrogen) atoms. The van der Waals surface area contributed by atoms with Crippen LogP contribution in [0.2, 0.25) is 0 Å². The first-order valence-corrected chi connectivity index (χ1v) is 6.88. The number of ketones is 1.